The van der Waals surface area contributed by atoms with Crippen LogP contribution in [-0.2, 0) is 0 Å². The fraction of sp³-hybridized carbons (Fsp3) is 0. The Labute approximate surface area is 68.4 Å². The minimum absolute atomic E-state index is 0.297. The van der Waals surface area contributed by atoms with Crippen molar-refractivity contribution < 1.29 is 0 Å². The second-order valence-corrected chi connectivity index (χ2v) is 2.49. The Morgan fingerprint density at radius 3 is 1.42 bits per heavy atom. The Morgan fingerprint density at radius 1 is 0.750 bits per heavy atom. The SMILES string of the molecule is O=c1c#cc(=O)c2ccc1cc2. The second kappa shape index (κ2) is 2.31. The van der Waals surface area contributed by atoms with E-state index in [1.807, 2.05) is 0 Å². The van der Waals surface area contributed by atoms with Gasteiger partial charge in [0.15, 0.2) is 0 Å². The fourth-order valence-corrected chi connectivity index (χ4v) is 1.03. The van der Waals surface area contributed by atoms with Crippen LogP contribution in [0.4, 0.5) is 0 Å². The molecule has 0 aromatic heterocycles. The standard InChI is InChI=1S/C10H4O2/c11-9-5-6-10(12)8-2-1-7(9)3-4-8/h1-4H. The molecular weight excluding hydrogens is 152 g/mol. The van der Waals surface area contributed by atoms with Gasteiger partial charge in [0.1, 0.15) is 0 Å². The van der Waals surface area contributed by atoms with Crippen molar-refractivity contribution in [2.75, 3.05) is 0 Å². The molecule has 0 aliphatic heterocycles. The van der Waals surface area contributed by atoms with Crippen LogP contribution in [-0.4, -0.2) is 0 Å². The van der Waals surface area contributed by atoms with Crippen molar-refractivity contribution in [3.05, 3.63) is 56.8 Å². The van der Waals surface area contributed by atoms with E-state index in [4.69, 9.17) is 0 Å². The van der Waals surface area contributed by atoms with Gasteiger partial charge in [0.2, 0.25) is 10.9 Å². The quantitative estimate of drug-likeness (QED) is 0.559. The van der Waals surface area contributed by atoms with E-state index in [0.29, 0.717) is 10.8 Å². The first-order valence-corrected chi connectivity index (χ1v) is 3.48. The highest BCUT2D eigenvalue weighted by molar-refractivity contribution is 5.62. The van der Waals surface area contributed by atoms with Gasteiger partial charge >= 0.3 is 0 Å². The number of benzene rings is 1. The highest BCUT2D eigenvalue weighted by atomic mass is 16.1. The maximum Gasteiger partial charge on any atom is 0.236 e. The third-order valence-corrected chi connectivity index (χ3v) is 1.70. The number of hydrogen-bond donors (Lipinski definition) is 0. The predicted molar refractivity (Wildman–Crippen MR) is 45.3 cm³/mol. The molecule has 0 radical (unpaired) electrons. The van der Waals surface area contributed by atoms with Gasteiger partial charge in [-0.05, 0) is 36.4 Å². The molecule has 56 valence electrons. The molecule has 2 bridgehead atoms. The summed E-state index contributed by atoms with van der Waals surface area (Å²) in [4.78, 5) is 22.2. The summed E-state index contributed by atoms with van der Waals surface area (Å²) in [5.74, 6) is 0. The van der Waals surface area contributed by atoms with Crippen LogP contribution >= 0.6 is 0 Å². The summed E-state index contributed by atoms with van der Waals surface area (Å²) in [6, 6.07) is 11.0. The lowest BCUT2D eigenvalue weighted by molar-refractivity contribution is 1.63. The summed E-state index contributed by atoms with van der Waals surface area (Å²) < 4.78 is 0. The second-order valence-electron chi connectivity index (χ2n) is 2.49. The van der Waals surface area contributed by atoms with Crippen LogP contribution in [0.2, 0.25) is 0 Å². The normalized spacial score (nSPS) is 9.67. The van der Waals surface area contributed by atoms with Gasteiger partial charge in [-0.25, -0.2) is 0 Å². The van der Waals surface area contributed by atoms with Gasteiger partial charge in [-0.2, -0.15) is 0 Å². The Balaban J connectivity index is 3.14. The first-order valence-electron chi connectivity index (χ1n) is 3.48. The minimum atomic E-state index is -0.297. The van der Waals surface area contributed by atoms with Crippen molar-refractivity contribution in [3.8, 4) is 0 Å². The lowest BCUT2D eigenvalue weighted by atomic mass is 10.2. The minimum Gasteiger partial charge on any atom is -0.279 e. The summed E-state index contributed by atoms with van der Waals surface area (Å²) in [6.45, 7) is 0. The van der Waals surface area contributed by atoms with E-state index in [9.17, 15) is 9.59 Å². The summed E-state index contributed by atoms with van der Waals surface area (Å²) in [5, 5.41) is 1.08. The van der Waals surface area contributed by atoms with Gasteiger partial charge in [-0.1, -0.05) is 0 Å². The maximum absolute atomic E-state index is 11.1. The van der Waals surface area contributed by atoms with Gasteiger partial charge in [0, 0.05) is 10.8 Å². The largest absolute Gasteiger partial charge is 0.279 e. The highest BCUT2D eigenvalue weighted by Gasteiger charge is 1.91. The summed E-state index contributed by atoms with van der Waals surface area (Å²) in [7, 11) is 0. The van der Waals surface area contributed by atoms with E-state index in [2.05, 4.69) is 12.1 Å². The molecular formula is C10H4O2. The molecule has 0 saturated heterocycles. The molecule has 2 nitrogen and oxygen atoms in total. The highest BCUT2D eigenvalue weighted by Crippen LogP contribution is 1.98. The van der Waals surface area contributed by atoms with Crippen LogP contribution < -0.4 is 10.9 Å². The average molecular weight is 156 g/mol. The zero-order valence-corrected chi connectivity index (χ0v) is 6.13. The number of hydrogen-bond acceptors (Lipinski definition) is 2. The third-order valence-electron chi connectivity index (χ3n) is 1.70. The molecule has 0 unspecified atom stereocenters. The molecule has 12 heavy (non-hydrogen) atoms. The molecule has 0 aliphatic carbocycles. The first-order chi connectivity index (χ1) is 5.77. The molecule has 0 atom stereocenters. The molecule has 0 heterocycles. The van der Waals surface area contributed by atoms with Crippen molar-refractivity contribution >= 4 is 10.8 Å². The van der Waals surface area contributed by atoms with Crippen molar-refractivity contribution in [3.63, 3.8) is 0 Å². The van der Waals surface area contributed by atoms with Crippen LogP contribution in [0.1, 0.15) is 0 Å². The van der Waals surface area contributed by atoms with Crippen LogP contribution in [0, 0.1) is 12.1 Å². The van der Waals surface area contributed by atoms with Gasteiger partial charge in [0.25, 0.3) is 0 Å². The fourth-order valence-electron chi connectivity index (χ4n) is 1.03. The molecule has 0 N–H and O–H groups in total. The molecule has 2 heteroatoms. The van der Waals surface area contributed by atoms with Gasteiger partial charge < -0.3 is 0 Å². The van der Waals surface area contributed by atoms with Crippen LogP contribution in [0.5, 0.6) is 0 Å². The molecule has 0 amide bonds. The zero-order chi connectivity index (χ0) is 8.55. The van der Waals surface area contributed by atoms with Crippen molar-refractivity contribution in [1.29, 1.82) is 0 Å². The molecule has 3 rings (SSSR count). The van der Waals surface area contributed by atoms with E-state index in [-0.39, 0.29) is 10.9 Å². The molecule has 0 spiro atoms. The van der Waals surface area contributed by atoms with E-state index < -0.39 is 0 Å². The van der Waals surface area contributed by atoms with Crippen LogP contribution in [0.15, 0.2) is 33.9 Å². The molecule has 0 fully saturated rings. The van der Waals surface area contributed by atoms with Crippen LogP contribution in [0.3, 0.4) is 0 Å². The van der Waals surface area contributed by atoms with E-state index in [1.165, 1.54) is 0 Å². The number of fused-ring (bicyclic) bond motifs is 4. The zero-order valence-electron chi connectivity index (χ0n) is 6.13. The summed E-state index contributed by atoms with van der Waals surface area (Å²) >= 11 is 0. The van der Waals surface area contributed by atoms with Crippen molar-refractivity contribution in [1.82, 2.24) is 0 Å². The van der Waals surface area contributed by atoms with Crippen molar-refractivity contribution in [2.45, 2.75) is 0 Å². The predicted octanol–water partition coefficient (Wildman–Crippen LogP) is 0.598. The molecule has 0 aliphatic rings. The Morgan fingerprint density at radius 2 is 1.08 bits per heavy atom. The monoisotopic (exact) mass is 156 g/mol. The topological polar surface area (TPSA) is 34.1 Å². The van der Waals surface area contributed by atoms with E-state index in [1.54, 1.807) is 24.3 Å². The summed E-state index contributed by atoms with van der Waals surface area (Å²) in [6.07, 6.45) is 0. The summed E-state index contributed by atoms with van der Waals surface area (Å²) in [5.41, 5.74) is -0.593. The van der Waals surface area contributed by atoms with Gasteiger partial charge in [-0.3, -0.25) is 9.59 Å². The van der Waals surface area contributed by atoms with Crippen molar-refractivity contribution in [2.24, 2.45) is 0 Å². The lowest BCUT2D eigenvalue weighted by Crippen LogP contribution is -2.00. The van der Waals surface area contributed by atoms with E-state index in [0.717, 1.165) is 0 Å². The Kier molecular flexibility index (Phi) is 1.31. The van der Waals surface area contributed by atoms with Crippen LogP contribution in [0.25, 0.3) is 10.8 Å². The smallest absolute Gasteiger partial charge is 0.236 e. The third kappa shape index (κ3) is 0.923. The maximum atomic E-state index is 11.1. The Bertz CT molecular complexity index is 448. The molecule has 3 aromatic carbocycles. The van der Waals surface area contributed by atoms with E-state index >= 15 is 0 Å². The Hall–Kier alpha value is -1.88. The number of rotatable bonds is 0. The molecule has 0 saturated carbocycles. The molecule has 3 aromatic rings. The lowest BCUT2D eigenvalue weighted by Gasteiger charge is -1.85. The average Bonchev–Trinajstić information content (AvgIpc) is 2.12. The first kappa shape index (κ1) is 6.81. The van der Waals surface area contributed by atoms with Gasteiger partial charge in [0.05, 0.1) is 0 Å². The van der Waals surface area contributed by atoms with Gasteiger partial charge in [-0.15, -0.1) is 0 Å².